The molecule has 1 aliphatic heterocycles. The first-order chi connectivity index (χ1) is 18.3. The Labute approximate surface area is 226 Å². The van der Waals surface area contributed by atoms with Crippen molar-refractivity contribution in [3.8, 4) is 11.5 Å². The average molecular weight is 551 g/mol. The summed E-state index contributed by atoms with van der Waals surface area (Å²) in [6.07, 6.45) is 1.53. The van der Waals surface area contributed by atoms with Gasteiger partial charge in [0.05, 0.1) is 56.5 Å². The van der Waals surface area contributed by atoms with Crippen LogP contribution in [0.4, 0.5) is 17.2 Å². The molecule has 2 aromatic carbocycles. The molecule has 0 saturated carbocycles. The molecule has 1 aromatic heterocycles. The fourth-order valence-corrected chi connectivity index (χ4v) is 4.30. The van der Waals surface area contributed by atoms with E-state index in [0.717, 1.165) is 22.3 Å². The lowest BCUT2D eigenvalue weighted by atomic mass is 10.2. The lowest BCUT2D eigenvalue weighted by molar-refractivity contribution is 0.00708. The lowest BCUT2D eigenvalue weighted by Crippen LogP contribution is -2.28. The molecule has 0 bridgehead atoms. The number of alkyl halides is 2. The molecule has 0 fully saturated rings. The van der Waals surface area contributed by atoms with Gasteiger partial charge in [0.1, 0.15) is 25.4 Å². The zero-order chi connectivity index (χ0) is 25.7. The maximum absolute atomic E-state index is 6.06. The van der Waals surface area contributed by atoms with E-state index in [1.54, 1.807) is 0 Å². The molecule has 3 aromatic rings. The fraction of sp³-hybridized carbons (Fsp3) is 0.462. The Morgan fingerprint density at radius 2 is 1.35 bits per heavy atom. The Balaban J connectivity index is 1.62. The van der Waals surface area contributed by atoms with Crippen LogP contribution in [0.2, 0.25) is 0 Å². The molecule has 0 atom stereocenters. The number of hydrogen-bond acceptors (Lipinski definition) is 9. The van der Waals surface area contributed by atoms with Crippen molar-refractivity contribution < 1.29 is 23.7 Å². The molecule has 200 valence electrons. The number of para-hydroxylation sites is 2. The number of fused-ring (bicyclic) bond motifs is 2. The van der Waals surface area contributed by atoms with E-state index in [-0.39, 0.29) is 0 Å². The molecule has 0 unspecified atom stereocenters. The van der Waals surface area contributed by atoms with Crippen molar-refractivity contribution in [3.63, 3.8) is 0 Å². The zero-order valence-electron chi connectivity index (χ0n) is 20.7. The molecular weight excluding hydrogens is 519 g/mol. The van der Waals surface area contributed by atoms with Crippen LogP contribution < -0.4 is 19.7 Å². The smallest absolute Gasteiger partial charge is 0.163 e. The number of ether oxygens (including phenoxy) is 5. The largest absolute Gasteiger partial charge is 0.487 e. The van der Waals surface area contributed by atoms with E-state index in [0.29, 0.717) is 95.0 Å². The number of benzene rings is 2. The highest BCUT2D eigenvalue weighted by Gasteiger charge is 2.16. The summed E-state index contributed by atoms with van der Waals surface area (Å²) in [5.74, 6) is 2.80. The Morgan fingerprint density at radius 1 is 0.757 bits per heavy atom. The van der Waals surface area contributed by atoms with E-state index in [9.17, 15) is 0 Å². The summed E-state index contributed by atoms with van der Waals surface area (Å²) in [6, 6.07) is 11.8. The molecule has 0 amide bonds. The number of nitrogens with zero attached hydrogens (tertiary/aromatic N) is 3. The second kappa shape index (κ2) is 15.0. The van der Waals surface area contributed by atoms with E-state index >= 15 is 0 Å². The van der Waals surface area contributed by atoms with Crippen molar-refractivity contribution in [1.82, 2.24) is 9.97 Å². The fourth-order valence-electron chi connectivity index (χ4n) is 3.89. The van der Waals surface area contributed by atoms with Gasteiger partial charge in [-0.05, 0) is 18.2 Å². The van der Waals surface area contributed by atoms with Gasteiger partial charge in [-0.1, -0.05) is 12.1 Å². The lowest BCUT2D eigenvalue weighted by Gasteiger charge is -2.26. The van der Waals surface area contributed by atoms with Crippen LogP contribution in [0.5, 0.6) is 11.5 Å². The van der Waals surface area contributed by atoms with Crippen LogP contribution in [0, 0.1) is 0 Å². The predicted molar refractivity (Wildman–Crippen MR) is 146 cm³/mol. The molecule has 0 spiro atoms. The van der Waals surface area contributed by atoms with E-state index in [1.165, 1.54) is 6.33 Å². The van der Waals surface area contributed by atoms with Gasteiger partial charge in [-0.3, -0.25) is 0 Å². The Hall–Kier alpha value is -2.56. The van der Waals surface area contributed by atoms with Crippen molar-refractivity contribution in [3.05, 3.63) is 42.7 Å². The summed E-state index contributed by atoms with van der Waals surface area (Å²) in [6.45, 7) is 4.99. The zero-order valence-corrected chi connectivity index (χ0v) is 22.2. The third-order valence-electron chi connectivity index (χ3n) is 5.62. The van der Waals surface area contributed by atoms with Gasteiger partial charge in [0.15, 0.2) is 11.5 Å². The summed E-state index contributed by atoms with van der Waals surface area (Å²) in [7, 11) is 0. The van der Waals surface area contributed by atoms with Gasteiger partial charge in [-0.25, -0.2) is 9.97 Å². The SMILES string of the molecule is ClCCN(CCCl)c1ccccc1Nc1ncnc2cc3c(cc12)OCCOCCOCCOCCO3. The average Bonchev–Trinajstić information content (AvgIpc) is 2.92. The molecule has 1 aliphatic rings. The minimum Gasteiger partial charge on any atom is -0.487 e. The highest BCUT2D eigenvalue weighted by molar-refractivity contribution is 6.18. The number of anilines is 3. The topological polar surface area (TPSA) is 87.2 Å². The molecule has 37 heavy (non-hydrogen) atoms. The minimum absolute atomic E-state index is 0.365. The van der Waals surface area contributed by atoms with E-state index in [1.807, 2.05) is 36.4 Å². The van der Waals surface area contributed by atoms with Gasteiger partial charge in [0, 0.05) is 36.3 Å². The Morgan fingerprint density at radius 3 is 2.00 bits per heavy atom. The molecule has 1 N–H and O–H groups in total. The Bertz CT molecular complexity index is 1120. The van der Waals surface area contributed by atoms with Crippen molar-refractivity contribution >= 4 is 51.3 Å². The highest BCUT2D eigenvalue weighted by atomic mass is 35.5. The summed E-state index contributed by atoms with van der Waals surface area (Å²) in [5, 5.41) is 4.27. The van der Waals surface area contributed by atoms with Crippen molar-refractivity contribution in [2.75, 3.05) is 87.9 Å². The van der Waals surface area contributed by atoms with Crippen LogP contribution in [0.15, 0.2) is 42.7 Å². The third-order valence-corrected chi connectivity index (χ3v) is 5.96. The molecular formula is C26H32Cl2N4O5. The van der Waals surface area contributed by atoms with Crippen LogP contribution in [-0.2, 0) is 14.2 Å². The summed E-state index contributed by atoms with van der Waals surface area (Å²) < 4.78 is 28.7. The molecule has 2 heterocycles. The number of nitrogens with one attached hydrogen (secondary N) is 1. The van der Waals surface area contributed by atoms with Gasteiger partial charge in [-0.2, -0.15) is 0 Å². The third kappa shape index (κ3) is 7.96. The number of hydrogen-bond donors (Lipinski definition) is 1. The van der Waals surface area contributed by atoms with E-state index < -0.39 is 0 Å². The second-order valence-corrected chi connectivity index (χ2v) is 8.84. The van der Waals surface area contributed by atoms with Crippen LogP contribution in [0.25, 0.3) is 10.9 Å². The van der Waals surface area contributed by atoms with Crippen LogP contribution in [-0.4, -0.2) is 87.7 Å². The quantitative estimate of drug-likeness (QED) is 0.427. The van der Waals surface area contributed by atoms with Gasteiger partial charge in [0.2, 0.25) is 0 Å². The number of rotatable bonds is 7. The van der Waals surface area contributed by atoms with Crippen molar-refractivity contribution in [2.24, 2.45) is 0 Å². The monoisotopic (exact) mass is 550 g/mol. The molecule has 4 rings (SSSR count). The number of halogens is 2. The summed E-state index contributed by atoms with van der Waals surface area (Å²) >= 11 is 12.1. The molecule has 9 nitrogen and oxygen atoms in total. The standard InChI is InChI=1S/C26H32Cl2N4O5/c27-5-7-32(8-6-28)23-4-2-1-3-21(23)31-26-20-17-24-25(18-22(20)29-19-30-26)37-16-14-35-12-10-33-9-11-34-13-15-36-24/h1-4,17-19H,5-16H2,(H,29,30,31). The van der Waals surface area contributed by atoms with Crippen LogP contribution in [0.1, 0.15) is 0 Å². The minimum atomic E-state index is 0.365. The Kier molecular flexibility index (Phi) is 11.1. The first-order valence-electron chi connectivity index (χ1n) is 12.3. The second-order valence-electron chi connectivity index (χ2n) is 8.08. The molecule has 0 aliphatic carbocycles. The summed E-state index contributed by atoms with van der Waals surface area (Å²) in [5.41, 5.74) is 2.60. The predicted octanol–water partition coefficient (Wildman–Crippen LogP) is 4.48. The van der Waals surface area contributed by atoms with E-state index in [4.69, 9.17) is 46.9 Å². The van der Waals surface area contributed by atoms with Gasteiger partial charge in [-0.15, -0.1) is 23.2 Å². The van der Waals surface area contributed by atoms with Crippen LogP contribution >= 0.6 is 23.2 Å². The first kappa shape index (κ1) is 27.5. The van der Waals surface area contributed by atoms with Crippen molar-refractivity contribution in [1.29, 1.82) is 0 Å². The number of aromatic nitrogens is 2. The van der Waals surface area contributed by atoms with Gasteiger partial charge >= 0.3 is 0 Å². The normalized spacial score (nSPS) is 15.5. The molecule has 11 heteroatoms. The van der Waals surface area contributed by atoms with Crippen molar-refractivity contribution in [2.45, 2.75) is 0 Å². The van der Waals surface area contributed by atoms with Gasteiger partial charge in [0.25, 0.3) is 0 Å². The summed E-state index contributed by atoms with van der Waals surface area (Å²) in [4.78, 5) is 11.2. The molecule has 0 saturated heterocycles. The maximum Gasteiger partial charge on any atom is 0.163 e. The maximum atomic E-state index is 6.06. The molecule has 0 radical (unpaired) electrons. The van der Waals surface area contributed by atoms with Crippen LogP contribution in [0.3, 0.4) is 0 Å². The van der Waals surface area contributed by atoms with Gasteiger partial charge < -0.3 is 33.9 Å². The highest BCUT2D eigenvalue weighted by Crippen LogP contribution is 2.36. The van der Waals surface area contributed by atoms with E-state index in [2.05, 4.69) is 20.2 Å². The first-order valence-corrected chi connectivity index (χ1v) is 13.4.